The molecule has 1 aliphatic carbocycles. The number of hydrogen-bond acceptors (Lipinski definition) is 4. The van der Waals surface area contributed by atoms with Crippen molar-refractivity contribution in [2.45, 2.75) is 44.4 Å². The minimum atomic E-state index is -0.168. The van der Waals surface area contributed by atoms with Crippen LogP contribution in [0.25, 0.3) is 22.1 Å². The summed E-state index contributed by atoms with van der Waals surface area (Å²) in [6.45, 7) is 1.85. The zero-order valence-corrected chi connectivity index (χ0v) is 16.4. The Morgan fingerprint density at radius 2 is 1.90 bits per heavy atom. The first-order valence-corrected chi connectivity index (χ1v) is 9.98. The molecule has 7 heteroatoms. The number of aromatic nitrogens is 5. The fraction of sp³-hybridized carbons (Fsp3) is 0.364. The van der Waals surface area contributed by atoms with Crippen molar-refractivity contribution in [1.82, 2.24) is 24.7 Å². The van der Waals surface area contributed by atoms with Crippen molar-refractivity contribution in [2.75, 3.05) is 0 Å². The van der Waals surface area contributed by atoms with E-state index in [-0.39, 0.29) is 23.2 Å². The van der Waals surface area contributed by atoms with E-state index in [0.29, 0.717) is 11.2 Å². The summed E-state index contributed by atoms with van der Waals surface area (Å²) in [7, 11) is 1.86. The van der Waals surface area contributed by atoms with E-state index in [1.165, 1.54) is 0 Å². The standard InChI is InChI=1S/C22H22FN5O/c1-12-10-24-18-9-16(22(29)27-21(18)26-12)13-3-5-14(6-4-13)19-17(23)8-7-15-11-25-28(2)20(15)19/h7-11,13-14H,3-6H2,1-2H3,(H,26,27,29). The van der Waals surface area contributed by atoms with Crippen LogP contribution in [0, 0.1) is 12.7 Å². The second-order valence-electron chi connectivity index (χ2n) is 8.01. The van der Waals surface area contributed by atoms with Crippen molar-refractivity contribution in [1.29, 1.82) is 0 Å². The first kappa shape index (κ1) is 18.0. The van der Waals surface area contributed by atoms with E-state index < -0.39 is 0 Å². The molecule has 0 radical (unpaired) electrons. The van der Waals surface area contributed by atoms with Gasteiger partial charge in [-0.2, -0.15) is 5.10 Å². The number of fused-ring (bicyclic) bond motifs is 2. The van der Waals surface area contributed by atoms with E-state index in [2.05, 4.69) is 20.1 Å². The average Bonchev–Trinajstić information content (AvgIpc) is 3.09. The van der Waals surface area contributed by atoms with Gasteiger partial charge in [-0.25, -0.2) is 9.37 Å². The van der Waals surface area contributed by atoms with E-state index in [9.17, 15) is 9.18 Å². The number of benzene rings is 1. The summed E-state index contributed by atoms with van der Waals surface area (Å²) in [6.07, 6.45) is 6.84. The number of nitrogens with zero attached hydrogens (tertiary/aromatic N) is 4. The van der Waals surface area contributed by atoms with Gasteiger partial charge in [0.15, 0.2) is 5.65 Å². The van der Waals surface area contributed by atoms with Gasteiger partial charge in [-0.05, 0) is 62.6 Å². The molecule has 1 saturated carbocycles. The van der Waals surface area contributed by atoms with Crippen molar-refractivity contribution in [2.24, 2.45) is 7.05 Å². The molecule has 5 rings (SSSR count). The van der Waals surface area contributed by atoms with E-state index >= 15 is 0 Å². The molecule has 0 atom stereocenters. The molecule has 3 heterocycles. The van der Waals surface area contributed by atoms with Crippen LogP contribution in [0.1, 0.15) is 54.3 Å². The zero-order chi connectivity index (χ0) is 20.1. The maximum absolute atomic E-state index is 14.7. The highest BCUT2D eigenvalue weighted by molar-refractivity contribution is 5.82. The summed E-state index contributed by atoms with van der Waals surface area (Å²) in [4.78, 5) is 24.3. The van der Waals surface area contributed by atoms with Crippen LogP contribution in [0.5, 0.6) is 0 Å². The molecular weight excluding hydrogens is 369 g/mol. The first-order chi connectivity index (χ1) is 14.0. The molecule has 0 spiro atoms. The predicted molar refractivity (Wildman–Crippen MR) is 110 cm³/mol. The van der Waals surface area contributed by atoms with Gasteiger partial charge in [-0.15, -0.1) is 0 Å². The van der Waals surface area contributed by atoms with Gasteiger partial charge in [-0.3, -0.25) is 14.5 Å². The Hall–Kier alpha value is -3.09. The molecule has 1 N–H and O–H groups in total. The van der Waals surface area contributed by atoms with Crippen LogP contribution in [-0.2, 0) is 7.05 Å². The molecule has 1 aromatic carbocycles. The maximum atomic E-state index is 14.7. The Labute approximate surface area is 166 Å². The molecule has 0 amide bonds. The molecule has 0 aliphatic heterocycles. The van der Waals surface area contributed by atoms with Gasteiger partial charge in [0.2, 0.25) is 0 Å². The van der Waals surface area contributed by atoms with E-state index in [0.717, 1.165) is 53.4 Å². The summed E-state index contributed by atoms with van der Waals surface area (Å²) >= 11 is 0. The number of hydrogen-bond donors (Lipinski definition) is 1. The molecule has 3 aromatic heterocycles. The fourth-order valence-electron chi connectivity index (χ4n) is 4.73. The molecule has 0 unspecified atom stereocenters. The minimum Gasteiger partial charge on any atom is -0.305 e. The van der Waals surface area contributed by atoms with Crippen molar-refractivity contribution >= 4 is 22.1 Å². The van der Waals surface area contributed by atoms with E-state index in [1.54, 1.807) is 29.2 Å². The molecule has 6 nitrogen and oxygen atoms in total. The average molecular weight is 391 g/mol. The lowest BCUT2D eigenvalue weighted by Gasteiger charge is -2.29. The quantitative estimate of drug-likeness (QED) is 0.558. The molecule has 0 saturated heterocycles. The number of halogens is 1. The monoisotopic (exact) mass is 391 g/mol. The third kappa shape index (κ3) is 3.01. The summed E-state index contributed by atoms with van der Waals surface area (Å²) < 4.78 is 16.5. The number of pyridine rings is 1. The smallest absolute Gasteiger partial charge is 0.253 e. The van der Waals surface area contributed by atoms with Crippen LogP contribution in [0.4, 0.5) is 4.39 Å². The van der Waals surface area contributed by atoms with Crippen LogP contribution in [0.15, 0.2) is 35.4 Å². The lowest BCUT2D eigenvalue weighted by molar-refractivity contribution is 0.387. The Balaban J connectivity index is 1.44. The fourth-order valence-corrected chi connectivity index (χ4v) is 4.73. The highest BCUT2D eigenvalue weighted by Crippen LogP contribution is 2.42. The molecular formula is C22H22FN5O. The van der Waals surface area contributed by atoms with Gasteiger partial charge in [0.25, 0.3) is 5.56 Å². The first-order valence-electron chi connectivity index (χ1n) is 9.98. The number of aromatic amines is 1. The van der Waals surface area contributed by atoms with Crippen molar-refractivity contribution < 1.29 is 4.39 Å². The van der Waals surface area contributed by atoms with Crippen LogP contribution >= 0.6 is 0 Å². The molecule has 29 heavy (non-hydrogen) atoms. The Morgan fingerprint density at radius 1 is 1.14 bits per heavy atom. The number of nitrogens with one attached hydrogen (secondary N) is 1. The third-order valence-electron chi connectivity index (χ3n) is 6.17. The SMILES string of the molecule is Cc1cnc2cc(C3CCC(c4c(F)ccc5cnn(C)c45)CC3)c(=O)[nH]c2n1. The predicted octanol–water partition coefficient (Wildman–Crippen LogP) is 4.09. The second kappa shape index (κ2) is 6.76. The summed E-state index contributed by atoms with van der Waals surface area (Å²) in [5.41, 5.74) is 4.30. The van der Waals surface area contributed by atoms with Crippen molar-refractivity contribution in [3.63, 3.8) is 0 Å². The van der Waals surface area contributed by atoms with Crippen LogP contribution in [0.3, 0.4) is 0 Å². The largest absolute Gasteiger partial charge is 0.305 e. The van der Waals surface area contributed by atoms with Crippen LogP contribution in [0.2, 0.25) is 0 Å². The van der Waals surface area contributed by atoms with Gasteiger partial charge < -0.3 is 4.98 Å². The normalized spacial score (nSPS) is 19.8. The topological polar surface area (TPSA) is 76.5 Å². The third-order valence-corrected chi connectivity index (χ3v) is 6.17. The number of aryl methyl sites for hydroxylation is 2. The Kier molecular flexibility index (Phi) is 4.19. The molecule has 1 fully saturated rings. The Morgan fingerprint density at radius 3 is 2.69 bits per heavy atom. The van der Waals surface area contributed by atoms with E-state index in [4.69, 9.17) is 0 Å². The Bertz CT molecular complexity index is 1280. The van der Waals surface area contributed by atoms with Crippen LogP contribution < -0.4 is 5.56 Å². The maximum Gasteiger partial charge on any atom is 0.253 e. The van der Waals surface area contributed by atoms with Gasteiger partial charge >= 0.3 is 0 Å². The highest BCUT2D eigenvalue weighted by Gasteiger charge is 2.29. The van der Waals surface area contributed by atoms with Gasteiger partial charge in [0.05, 0.1) is 17.4 Å². The van der Waals surface area contributed by atoms with Gasteiger partial charge in [0, 0.05) is 29.8 Å². The van der Waals surface area contributed by atoms with Crippen LogP contribution in [-0.4, -0.2) is 24.7 Å². The molecule has 0 bridgehead atoms. The number of rotatable bonds is 2. The molecule has 4 aromatic rings. The number of H-pyrrole nitrogens is 1. The van der Waals surface area contributed by atoms with Crippen molar-refractivity contribution in [3.05, 3.63) is 63.6 Å². The van der Waals surface area contributed by atoms with Crippen molar-refractivity contribution in [3.8, 4) is 0 Å². The molecule has 1 aliphatic rings. The lowest BCUT2D eigenvalue weighted by Crippen LogP contribution is -2.21. The highest BCUT2D eigenvalue weighted by atomic mass is 19.1. The summed E-state index contributed by atoms with van der Waals surface area (Å²) in [5.74, 6) is 0.113. The zero-order valence-electron chi connectivity index (χ0n) is 16.4. The minimum absolute atomic E-state index is 0.0965. The summed E-state index contributed by atoms with van der Waals surface area (Å²) in [5, 5.41) is 5.26. The lowest BCUT2D eigenvalue weighted by atomic mass is 9.76. The van der Waals surface area contributed by atoms with Gasteiger partial charge in [0.1, 0.15) is 11.3 Å². The summed E-state index contributed by atoms with van der Waals surface area (Å²) in [6, 6.07) is 5.19. The van der Waals surface area contributed by atoms with Gasteiger partial charge in [-0.1, -0.05) is 0 Å². The molecule has 148 valence electrons. The van der Waals surface area contributed by atoms with E-state index in [1.807, 2.05) is 20.0 Å². The second-order valence-corrected chi connectivity index (χ2v) is 8.01.